The SMILES string of the molecule is CC(C)(C)OC(=O)N[C@@H](Cc1ccccc1)C(=O)N[C@@H](Cc1ccc(OCC(=O)O)c(C(=O)O)c1)C(=O)NCCc1ccccn1. The first-order valence-electron chi connectivity index (χ1n) is 14.5. The lowest BCUT2D eigenvalue weighted by Gasteiger charge is -2.25. The Kier molecular flexibility index (Phi) is 12.6. The standard InChI is InChI=1S/C33H38N4O9/c1-33(2,3)46-32(44)37-26(18-21-9-5-4-6-10-21)30(41)36-25(29(40)35-16-14-23-11-7-8-15-34-23)19-22-12-13-27(45-20-28(38)39)24(17-22)31(42)43/h4-13,15,17,25-26H,14,16,18-20H2,1-3H3,(H,35,40)(H,36,41)(H,37,44)(H,38,39)(H,42,43)/t25-,26-/m0/s1. The molecule has 0 aliphatic carbocycles. The Morgan fingerprint density at radius 3 is 2.13 bits per heavy atom. The van der Waals surface area contributed by atoms with E-state index < -0.39 is 54.1 Å². The van der Waals surface area contributed by atoms with Gasteiger partial charge in [0.25, 0.3) is 0 Å². The number of hydrogen-bond acceptors (Lipinski definition) is 8. The summed E-state index contributed by atoms with van der Waals surface area (Å²) >= 11 is 0. The third-order valence-electron chi connectivity index (χ3n) is 6.39. The number of aromatic nitrogens is 1. The molecule has 0 aliphatic rings. The molecule has 3 amide bonds. The number of aromatic carboxylic acids is 1. The van der Waals surface area contributed by atoms with E-state index in [1.54, 1.807) is 57.3 Å². The van der Waals surface area contributed by atoms with Gasteiger partial charge in [-0.1, -0.05) is 42.5 Å². The molecular weight excluding hydrogens is 596 g/mol. The van der Waals surface area contributed by atoms with Crippen LogP contribution in [0.4, 0.5) is 4.79 Å². The van der Waals surface area contributed by atoms with E-state index in [-0.39, 0.29) is 30.7 Å². The Morgan fingerprint density at radius 1 is 0.826 bits per heavy atom. The van der Waals surface area contributed by atoms with Crippen LogP contribution in [0.25, 0.3) is 0 Å². The maximum absolute atomic E-state index is 13.7. The molecule has 1 aromatic heterocycles. The molecule has 0 bridgehead atoms. The third-order valence-corrected chi connectivity index (χ3v) is 6.39. The van der Waals surface area contributed by atoms with Crippen LogP contribution in [0.15, 0.2) is 72.9 Å². The summed E-state index contributed by atoms with van der Waals surface area (Å²) in [5.41, 5.74) is 0.711. The maximum atomic E-state index is 13.7. The number of nitrogens with zero attached hydrogens (tertiary/aromatic N) is 1. The zero-order valence-corrected chi connectivity index (χ0v) is 25.8. The molecule has 1 heterocycles. The Bertz CT molecular complexity index is 1510. The average Bonchev–Trinajstić information content (AvgIpc) is 2.99. The van der Waals surface area contributed by atoms with Crippen LogP contribution >= 0.6 is 0 Å². The molecule has 0 saturated carbocycles. The molecule has 2 atom stereocenters. The van der Waals surface area contributed by atoms with E-state index in [9.17, 15) is 29.1 Å². The van der Waals surface area contributed by atoms with Crippen molar-refractivity contribution >= 4 is 29.8 Å². The highest BCUT2D eigenvalue weighted by Gasteiger charge is 2.29. The van der Waals surface area contributed by atoms with Gasteiger partial charge in [0.1, 0.15) is 29.0 Å². The summed E-state index contributed by atoms with van der Waals surface area (Å²) in [6.07, 6.45) is 1.20. The number of carbonyl (C=O) groups excluding carboxylic acids is 3. The van der Waals surface area contributed by atoms with Crippen LogP contribution in [0.1, 0.15) is 48.0 Å². The highest BCUT2D eigenvalue weighted by molar-refractivity contribution is 5.93. The molecule has 5 N–H and O–H groups in total. The second-order valence-corrected chi connectivity index (χ2v) is 11.3. The second-order valence-electron chi connectivity index (χ2n) is 11.3. The molecule has 0 unspecified atom stereocenters. The van der Waals surface area contributed by atoms with Crippen molar-refractivity contribution < 1.29 is 43.7 Å². The van der Waals surface area contributed by atoms with Crippen LogP contribution < -0.4 is 20.7 Å². The van der Waals surface area contributed by atoms with E-state index in [1.165, 1.54) is 18.2 Å². The lowest BCUT2D eigenvalue weighted by molar-refractivity contribution is -0.139. The van der Waals surface area contributed by atoms with Gasteiger partial charge in [0.05, 0.1) is 0 Å². The lowest BCUT2D eigenvalue weighted by atomic mass is 10.0. The molecule has 46 heavy (non-hydrogen) atoms. The van der Waals surface area contributed by atoms with E-state index >= 15 is 0 Å². The molecule has 13 nitrogen and oxygen atoms in total. The zero-order valence-electron chi connectivity index (χ0n) is 25.8. The van der Waals surface area contributed by atoms with Crippen molar-refractivity contribution in [3.63, 3.8) is 0 Å². The molecule has 3 rings (SSSR count). The summed E-state index contributed by atoms with van der Waals surface area (Å²) in [6, 6.07) is 16.1. The summed E-state index contributed by atoms with van der Waals surface area (Å²) in [7, 11) is 0. The Hall–Kier alpha value is -5.46. The van der Waals surface area contributed by atoms with Gasteiger partial charge < -0.3 is 35.6 Å². The predicted molar refractivity (Wildman–Crippen MR) is 166 cm³/mol. The molecule has 0 radical (unpaired) electrons. The van der Waals surface area contributed by atoms with Crippen molar-refractivity contribution in [1.29, 1.82) is 0 Å². The first-order valence-corrected chi connectivity index (χ1v) is 14.5. The first kappa shape index (κ1) is 35.0. The van der Waals surface area contributed by atoms with Gasteiger partial charge >= 0.3 is 18.0 Å². The van der Waals surface area contributed by atoms with E-state index in [2.05, 4.69) is 20.9 Å². The summed E-state index contributed by atoms with van der Waals surface area (Å²) in [5.74, 6) is -4.03. The number of benzene rings is 2. The van der Waals surface area contributed by atoms with Gasteiger partial charge in [0.2, 0.25) is 11.8 Å². The topological polar surface area (TPSA) is 193 Å². The average molecular weight is 635 g/mol. The number of pyridine rings is 1. The Morgan fingerprint density at radius 2 is 1.50 bits per heavy atom. The fraction of sp³-hybridized carbons (Fsp3) is 0.333. The number of carboxylic acid groups (broad SMARTS) is 2. The number of nitrogens with one attached hydrogen (secondary N) is 3. The van der Waals surface area contributed by atoms with Gasteiger partial charge in [-0.2, -0.15) is 0 Å². The van der Waals surface area contributed by atoms with Crippen LogP contribution in [-0.4, -0.2) is 75.9 Å². The second kappa shape index (κ2) is 16.6. The number of alkyl carbamates (subject to hydrolysis) is 1. The van der Waals surface area contributed by atoms with E-state index in [4.69, 9.17) is 14.6 Å². The number of ether oxygens (including phenoxy) is 2. The lowest BCUT2D eigenvalue weighted by Crippen LogP contribution is -2.55. The minimum Gasteiger partial charge on any atom is -0.481 e. The zero-order chi connectivity index (χ0) is 33.7. The van der Waals surface area contributed by atoms with E-state index in [1.807, 2.05) is 18.2 Å². The summed E-state index contributed by atoms with van der Waals surface area (Å²) in [5, 5.41) is 26.7. The summed E-state index contributed by atoms with van der Waals surface area (Å²) in [4.78, 5) is 66.9. The van der Waals surface area contributed by atoms with Crippen molar-refractivity contribution in [2.24, 2.45) is 0 Å². The number of amides is 3. The van der Waals surface area contributed by atoms with Gasteiger partial charge in [-0.3, -0.25) is 14.6 Å². The van der Waals surface area contributed by atoms with Crippen molar-refractivity contribution in [3.8, 4) is 5.75 Å². The van der Waals surface area contributed by atoms with Crippen LogP contribution in [-0.2, 0) is 38.4 Å². The van der Waals surface area contributed by atoms with Crippen molar-refractivity contribution in [2.75, 3.05) is 13.2 Å². The number of aliphatic carboxylic acids is 1. The fourth-order valence-corrected chi connectivity index (χ4v) is 4.35. The molecule has 0 fully saturated rings. The first-order chi connectivity index (χ1) is 21.8. The summed E-state index contributed by atoms with van der Waals surface area (Å²) in [6.45, 7) is 4.52. The van der Waals surface area contributed by atoms with Gasteiger partial charge in [-0.25, -0.2) is 14.4 Å². The number of rotatable bonds is 15. The van der Waals surface area contributed by atoms with Gasteiger partial charge in [0, 0.05) is 37.7 Å². The molecule has 0 saturated heterocycles. The fourth-order valence-electron chi connectivity index (χ4n) is 4.35. The van der Waals surface area contributed by atoms with Crippen LogP contribution in [0.2, 0.25) is 0 Å². The number of hydrogen-bond donors (Lipinski definition) is 5. The molecule has 0 aliphatic heterocycles. The highest BCUT2D eigenvalue weighted by Crippen LogP contribution is 2.21. The minimum absolute atomic E-state index is 0.0959. The normalized spacial score (nSPS) is 12.2. The largest absolute Gasteiger partial charge is 0.481 e. The quantitative estimate of drug-likeness (QED) is 0.166. The minimum atomic E-state index is -1.37. The van der Waals surface area contributed by atoms with Crippen molar-refractivity contribution in [2.45, 2.75) is 57.7 Å². The van der Waals surface area contributed by atoms with Crippen molar-refractivity contribution in [1.82, 2.24) is 20.9 Å². The molecule has 3 aromatic rings. The van der Waals surface area contributed by atoms with E-state index in [0.717, 1.165) is 11.3 Å². The predicted octanol–water partition coefficient (Wildman–Crippen LogP) is 2.77. The monoisotopic (exact) mass is 634 g/mol. The Labute approximate surface area is 266 Å². The molecule has 13 heteroatoms. The molecular formula is C33H38N4O9. The number of carbonyl (C=O) groups is 5. The van der Waals surface area contributed by atoms with Gasteiger partial charge in [0.15, 0.2) is 6.61 Å². The smallest absolute Gasteiger partial charge is 0.408 e. The van der Waals surface area contributed by atoms with E-state index in [0.29, 0.717) is 12.0 Å². The van der Waals surface area contributed by atoms with Crippen molar-refractivity contribution in [3.05, 3.63) is 95.3 Å². The summed E-state index contributed by atoms with van der Waals surface area (Å²) < 4.78 is 10.5. The molecule has 2 aromatic carbocycles. The number of carboxylic acids is 2. The Balaban J connectivity index is 1.86. The van der Waals surface area contributed by atoms with Crippen LogP contribution in [0.3, 0.4) is 0 Å². The highest BCUT2D eigenvalue weighted by atomic mass is 16.6. The van der Waals surface area contributed by atoms with Gasteiger partial charge in [-0.15, -0.1) is 0 Å². The van der Waals surface area contributed by atoms with Gasteiger partial charge in [-0.05, 0) is 56.2 Å². The maximum Gasteiger partial charge on any atom is 0.408 e. The third kappa shape index (κ3) is 11.9. The van der Waals surface area contributed by atoms with Crippen LogP contribution in [0.5, 0.6) is 5.75 Å². The molecule has 0 spiro atoms. The molecule has 244 valence electrons. The van der Waals surface area contributed by atoms with Crippen LogP contribution in [0, 0.1) is 0 Å².